The zero-order valence-corrected chi connectivity index (χ0v) is 16.1. The minimum Gasteiger partial charge on any atom is -0.352 e. The van der Waals surface area contributed by atoms with Crippen molar-refractivity contribution in [1.29, 1.82) is 0 Å². The first-order valence-electron chi connectivity index (χ1n) is 8.47. The Morgan fingerprint density at radius 3 is 2.50 bits per heavy atom. The van der Waals surface area contributed by atoms with E-state index >= 15 is 0 Å². The molecule has 0 spiro atoms. The average Bonchev–Trinajstić information content (AvgIpc) is 2.85. The van der Waals surface area contributed by atoms with Gasteiger partial charge in [-0.3, -0.25) is 19.8 Å². The molecule has 2 heterocycles. The Morgan fingerprint density at radius 2 is 1.88 bits per heavy atom. The zero-order chi connectivity index (χ0) is 19.0. The van der Waals surface area contributed by atoms with Crippen LogP contribution in [0, 0.1) is 13.8 Å². The molecule has 5 nitrogen and oxygen atoms in total. The summed E-state index contributed by atoms with van der Waals surface area (Å²) < 4.78 is 2.02. The summed E-state index contributed by atoms with van der Waals surface area (Å²) in [5, 5.41) is 2.75. The molecular formula is C20H21N3O2S. The summed E-state index contributed by atoms with van der Waals surface area (Å²) in [5.41, 5.74) is 4.67. The molecule has 1 aliphatic heterocycles. The predicted molar refractivity (Wildman–Crippen MR) is 107 cm³/mol. The number of nitrogens with zero attached hydrogens (tertiary/aromatic N) is 2. The van der Waals surface area contributed by atoms with Crippen LogP contribution in [-0.4, -0.2) is 21.5 Å². The van der Waals surface area contributed by atoms with Gasteiger partial charge in [0.15, 0.2) is 5.11 Å². The van der Waals surface area contributed by atoms with Gasteiger partial charge in [-0.1, -0.05) is 25.1 Å². The Morgan fingerprint density at radius 1 is 1.19 bits per heavy atom. The van der Waals surface area contributed by atoms with Gasteiger partial charge in [-0.2, -0.15) is 0 Å². The molecule has 0 bridgehead atoms. The molecule has 0 radical (unpaired) electrons. The van der Waals surface area contributed by atoms with E-state index in [1.165, 1.54) is 4.90 Å². The van der Waals surface area contributed by atoms with Gasteiger partial charge in [0.1, 0.15) is 5.57 Å². The number of rotatable bonds is 3. The molecule has 0 atom stereocenters. The third kappa shape index (κ3) is 2.97. The number of hydrogen-bond donors (Lipinski definition) is 1. The Hall–Kier alpha value is -2.73. The smallest absolute Gasteiger partial charge is 0.270 e. The van der Waals surface area contributed by atoms with E-state index in [-0.39, 0.29) is 10.7 Å². The van der Waals surface area contributed by atoms with E-state index in [1.54, 1.807) is 6.08 Å². The molecule has 2 amide bonds. The van der Waals surface area contributed by atoms with Crippen LogP contribution in [-0.2, 0) is 23.1 Å². The number of aromatic nitrogens is 1. The Bertz CT molecular complexity index is 956. The first kappa shape index (κ1) is 18.1. The van der Waals surface area contributed by atoms with Crippen molar-refractivity contribution in [2.75, 3.05) is 4.90 Å². The number of aryl methyl sites for hydroxylation is 2. The van der Waals surface area contributed by atoms with Crippen LogP contribution >= 0.6 is 12.2 Å². The van der Waals surface area contributed by atoms with E-state index in [2.05, 4.69) is 5.32 Å². The molecular weight excluding hydrogens is 346 g/mol. The molecule has 6 heteroatoms. The number of thiocarbonyl (C=S) groups is 1. The molecule has 1 N–H and O–H groups in total. The fourth-order valence-electron chi connectivity index (χ4n) is 3.09. The van der Waals surface area contributed by atoms with Crippen molar-refractivity contribution in [2.24, 2.45) is 7.05 Å². The molecule has 0 saturated carbocycles. The van der Waals surface area contributed by atoms with Gasteiger partial charge >= 0.3 is 0 Å². The summed E-state index contributed by atoms with van der Waals surface area (Å²) in [6.45, 7) is 5.96. The summed E-state index contributed by atoms with van der Waals surface area (Å²) in [7, 11) is 1.95. The van der Waals surface area contributed by atoms with Crippen LogP contribution in [0.15, 0.2) is 35.9 Å². The number of anilines is 1. The summed E-state index contributed by atoms with van der Waals surface area (Å²) in [6.07, 6.45) is 2.40. The van der Waals surface area contributed by atoms with Gasteiger partial charge in [-0.15, -0.1) is 0 Å². The van der Waals surface area contributed by atoms with Crippen molar-refractivity contribution in [2.45, 2.75) is 27.2 Å². The van der Waals surface area contributed by atoms with Gasteiger partial charge < -0.3 is 4.57 Å². The molecule has 1 saturated heterocycles. The van der Waals surface area contributed by atoms with Crippen LogP contribution < -0.4 is 10.2 Å². The number of nitrogens with one attached hydrogen (secondary N) is 1. The van der Waals surface area contributed by atoms with Crippen LogP contribution in [0.4, 0.5) is 5.69 Å². The number of benzene rings is 1. The predicted octanol–water partition coefficient (Wildman–Crippen LogP) is 3.04. The third-order valence-electron chi connectivity index (χ3n) is 4.83. The van der Waals surface area contributed by atoms with Crippen molar-refractivity contribution in [1.82, 2.24) is 9.88 Å². The van der Waals surface area contributed by atoms with Gasteiger partial charge in [0.25, 0.3) is 11.8 Å². The van der Waals surface area contributed by atoms with E-state index in [9.17, 15) is 9.59 Å². The number of carbonyl (C=O) groups excluding carboxylic acids is 2. The molecule has 0 unspecified atom stereocenters. The molecule has 26 heavy (non-hydrogen) atoms. The second-order valence-electron chi connectivity index (χ2n) is 6.33. The SMILES string of the molecule is CCc1ccccc1N1C(=O)/C(=C\c2cc(C)n(C)c2C)C(=O)NC1=S. The molecule has 1 aliphatic rings. The normalized spacial score (nSPS) is 16.4. The first-order chi connectivity index (χ1) is 12.3. The van der Waals surface area contributed by atoms with Gasteiger partial charge in [-0.25, -0.2) is 0 Å². The number of hydrogen-bond acceptors (Lipinski definition) is 3. The summed E-state index contributed by atoms with van der Waals surface area (Å²) >= 11 is 5.28. The van der Waals surface area contributed by atoms with Gasteiger partial charge in [0.05, 0.1) is 5.69 Å². The molecule has 3 rings (SSSR count). The summed E-state index contributed by atoms with van der Waals surface area (Å²) in [5.74, 6) is -0.869. The number of carbonyl (C=O) groups is 2. The maximum atomic E-state index is 13.1. The minimum absolute atomic E-state index is 0.0817. The lowest BCUT2D eigenvalue weighted by atomic mass is 10.0. The molecule has 134 valence electrons. The standard InChI is InChI=1S/C20H21N3O2S/c1-5-14-8-6-7-9-17(14)23-19(25)16(18(24)21-20(23)26)11-15-10-12(2)22(4)13(15)3/h6-11H,5H2,1-4H3,(H,21,24,26)/b16-11-. The van der Waals surface area contributed by atoms with E-state index in [4.69, 9.17) is 12.2 Å². The zero-order valence-electron chi connectivity index (χ0n) is 15.3. The van der Waals surface area contributed by atoms with Crippen LogP contribution in [0.25, 0.3) is 6.08 Å². The minimum atomic E-state index is -0.467. The number of para-hydroxylation sites is 1. The lowest BCUT2D eigenvalue weighted by molar-refractivity contribution is -0.122. The Labute approximate surface area is 158 Å². The van der Waals surface area contributed by atoms with Crippen LogP contribution in [0.1, 0.15) is 29.4 Å². The van der Waals surface area contributed by atoms with Crippen LogP contribution in [0.3, 0.4) is 0 Å². The molecule has 0 aliphatic carbocycles. The highest BCUT2D eigenvalue weighted by Gasteiger charge is 2.35. The topological polar surface area (TPSA) is 54.3 Å². The molecule has 1 aromatic heterocycles. The summed E-state index contributed by atoms with van der Waals surface area (Å²) in [4.78, 5) is 27.0. The lowest BCUT2D eigenvalue weighted by Gasteiger charge is -2.30. The van der Waals surface area contributed by atoms with Crippen molar-refractivity contribution >= 4 is 40.9 Å². The second-order valence-corrected chi connectivity index (χ2v) is 6.71. The van der Waals surface area contributed by atoms with Gasteiger partial charge in [-0.05, 0) is 61.8 Å². The van der Waals surface area contributed by atoms with Gasteiger partial charge in [0, 0.05) is 18.4 Å². The Kier molecular flexibility index (Phi) is 4.78. The van der Waals surface area contributed by atoms with E-state index in [1.807, 2.05) is 62.7 Å². The highest BCUT2D eigenvalue weighted by molar-refractivity contribution is 7.80. The Balaban J connectivity index is 2.09. The third-order valence-corrected chi connectivity index (χ3v) is 5.11. The second kappa shape index (κ2) is 6.88. The van der Waals surface area contributed by atoms with E-state index < -0.39 is 11.8 Å². The lowest BCUT2D eigenvalue weighted by Crippen LogP contribution is -2.54. The highest BCUT2D eigenvalue weighted by atomic mass is 32.1. The monoisotopic (exact) mass is 367 g/mol. The average molecular weight is 367 g/mol. The van der Waals surface area contributed by atoms with E-state index in [0.717, 1.165) is 28.9 Å². The van der Waals surface area contributed by atoms with Crippen molar-refractivity contribution in [3.05, 3.63) is 58.4 Å². The fraction of sp³-hybridized carbons (Fsp3) is 0.250. The van der Waals surface area contributed by atoms with Gasteiger partial charge in [0.2, 0.25) is 0 Å². The molecule has 2 aromatic rings. The highest BCUT2D eigenvalue weighted by Crippen LogP contribution is 2.26. The largest absolute Gasteiger partial charge is 0.352 e. The summed E-state index contributed by atoms with van der Waals surface area (Å²) in [6, 6.07) is 9.53. The maximum Gasteiger partial charge on any atom is 0.270 e. The number of amides is 2. The van der Waals surface area contributed by atoms with E-state index in [0.29, 0.717) is 5.69 Å². The van der Waals surface area contributed by atoms with Crippen LogP contribution in [0.5, 0.6) is 0 Å². The van der Waals surface area contributed by atoms with Crippen LogP contribution in [0.2, 0.25) is 0 Å². The molecule has 1 aromatic carbocycles. The maximum absolute atomic E-state index is 13.1. The van der Waals surface area contributed by atoms with Crippen molar-refractivity contribution < 1.29 is 9.59 Å². The fourth-order valence-corrected chi connectivity index (χ4v) is 3.36. The van der Waals surface area contributed by atoms with Crippen molar-refractivity contribution in [3.8, 4) is 0 Å². The first-order valence-corrected chi connectivity index (χ1v) is 8.88. The molecule has 1 fully saturated rings. The quantitative estimate of drug-likeness (QED) is 0.515. The van der Waals surface area contributed by atoms with Crippen molar-refractivity contribution in [3.63, 3.8) is 0 Å².